The molecule has 0 fully saturated rings. The van der Waals surface area contributed by atoms with Crippen molar-refractivity contribution in [2.75, 3.05) is 0 Å². The first-order valence-corrected chi connectivity index (χ1v) is 10.2. The summed E-state index contributed by atoms with van der Waals surface area (Å²) in [6.45, 7) is 10.4. The predicted octanol–water partition coefficient (Wildman–Crippen LogP) is 7.99. The number of alkyl halides is 2. The van der Waals surface area contributed by atoms with Gasteiger partial charge in [0.25, 0.3) is 0 Å². The Morgan fingerprint density at radius 3 is 1.87 bits per heavy atom. The van der Waals surface area contributed by atoms with Crippen molar-refractivity contribution in [1.29, 1.82) is 0 Å². The second-order valence-electron chi connectivity index (χ2n) is 7.35. The Hall–Kier alpha value is 0.0600. The Kier molecular flexibility index (Phi) is 9.31. The van der Waals surface area contributed by atoms with Crippen LogP contribution in [0.25, 0.3) is 0 Å². The Morgan fingerprint density at radius 2 is 1.35 bits per heavy atom. The monoisotopic (exact) mass is 357 g/mol. The van der Waals surface area contributed by atoms with Gasteiger partial charge >= 0.3 is 0 Å². The smallest absolute Gasteiger partial charge is 0.0856 e. The number of hydrogen-bond donors (Lipinski definition) is 0. The van der Waals surface area contributed by atoms with E-state index < -0.39 is 9.75 Å². The number of hydrogen-bond acceptors (Lipinski definition) is 0. The third kappa shape index (κ3) is 6.46. The van der Waals surface area contributed by atoms with E-state index in [0.717, 1.165) is 12.0 Å². The van der Waals surface area contributed by atoms with Gasteiger partial charge in [0.1, 0.15) is 0 Å². The highest BCUT2D eigenvalue weighted by molar-refractivity contribution is 6.37. The summed E-state index contributed by atoms with van der Waals surface area (Å²) in [6.07, 6.45) is 18.5. The molecule has 1 rings (SSSR count). The van der Waals surface area contributed by atoms with Crippen LogP contribution >= 0.6 is 23.2 Å². The second kappa shape index (κ2) is 10.1. The highest BCUT2D eigenvalue weighted by Gasteiger charge is 2.44. The SMILES string of the molecule is [CH2]C1=C(CCCCCCCCCCCC)C(C)(Cl)C(C)(Cl)C=C1. The van der Waals surface area contributed by atoms with Crippen LogP contribution in [-0.2, 0) is 0 Å². The van der Waals surface area contributed by atoms with Crippen LogP contribution in [0.15, 0.2) is 23.3 Å². The largest absolute Gasteiger partial charge is 0.113 e. The van der Waals surface area contributed by atoms with E-state index in [-0.39, 0.29) is 0 Å². The molecule has 0 amide bonds. The molecule has 0 heterocycles. The van der Waals surface area contributed by atoms with E-state index in [2.05, 4.69) is 13.8 Å². The summed E-state index contributed by atoms with van der Waals surface area (Å²) >= 11 is 13.3. The minimum absolute atomic E-state index is 0.524. The predicted molar refractivity (Wildman–Crippen MR) is 107 cm³/mol. The average Bonchev–Trinajstić information content (AvgIpc) is 2.49. The maximum atomic E-state index is 6.77. The molecule has 2 heteroatoms. The number of unbranched alkanes of at least 4 members (excludes halogenated alkanes) is 9. The normalized spacial score (nSPS) is 27.7. The average molecular weight is 358 g/mol. The van der Waals surface area contributed by atoms with Crippen molar-refractivity contribution in [3.05, 3.63) is 30.2 Å². The van der Waals surface area contributed by atoms with Gasteiger partial charge in [0.15, 0.2) is 0 Å². The zero-order valence-electron chi connectivity index (χ0n) is 15.4. The van der Waals surface area contributed by atoms with Gasteiger partial charge in [-0.3, -0.25) is 0 Å². The summed E-state index contributed by atoms with van der Waals surface area (Å²) in [6, 6.07) is 0. The molecule has 1 radical (unpaired) electrons. The van der Waals surface area contributed by atoms with Crippen molar-refractivity contribution in [3.8, 4) is 0 Å². The van der Waals surface area contributed by atoms with Crippen molar-refractivity contribution >= 4 is 23.2 Å². The first-order valence-electron chi connectivity index (χ1n) is 9.45. The molecule has 2 unspecified atom stereocenters. The Balaban J connectivity index is 2.21. The van der Waals surface area contributed by atoms with Crippen LogP contribution in [0.3, 0.4) is 0 Å². The van der Waals surface area contributed by atoms with Gasteiger partial charge < -0.3 is 0 Å². The van der Waals surface area contributed by atoms with Crippen molar-refractivity contribution < 1.29 is 0 Å². The molecular formula is C21H35Cl2. The molecule has 0 aromatic carbocycles. The van der Waals surface area contributed by atoms with Gasteiger partial charge in [-0.15, -0.1) is 23.2 Å². The number of allylic oxidation sites excluding steroid dienone is 4. The summed E-state index contributed by atoms with van der Waals surface area (Å²) in [5.74, 6) is 0. The Labute approximate surface area is 154 Å². The maximum Gasteiger partial charge on any atom is 0.0856 e. The molecule has 1 aliphatic rings. The fourth-order valence-corrected chi connectivity index (χ4v) is 3.75. The molecule has 0 aliphatic heterocycles. The molecule has 0 saturated heterocycles. The van der Waals surface area contributed by atoms with Gasteiger partial charge in [-0.2, -0.15) is 0 Å². The number of halogens is 2. The van der Waals surface area contributed by atoms with Crippen molar-refractivity contribution in [3.63, 3.8) is 0 Å². The van der Waals surface area contributed by atoms with Crippen LogP contribution < -0.4 is 0 Å². The molecule has 0 spiro atoms. The van der Waals surface area contributed by atoms with E-state index in [1.54, 1.807) is 0 Å². The van der Waals surface area contributed by atoms with Gasteiger partial charge in [0.2, 0.25) is 0 Å². The molecule has 0 nitrogen and oxygen atoms in total. The van der Waals surface area contributed by atoms with Crippen LogP contribution in [0.5, 0.6) is 0 Å². The lowest BCUT2D eigenvalue weighted by atomic mass is 9.78. The fraction of sp³-hybridized carbons (Fsp3) is 0.762. The molecule has 0 saturated carbocycles. The minimum atomic E-state index is -0.528. The molecule has 133 valence electrons. The van der Waals surface area contributed by atoms with Gasteiger partial charge in [-0.25, -0.2) is 0 Å². The van der Waals surface area contributed by atoms with E-state index in [1.807, 2.05) is 26.0 Å². The Bertz CT molecular complexity index is 402. The lowest BCUT2D eigenvalue weighted by Gasteiger charge is -2.41. The quantitative estimate of drug-likeness (QED) is 0.259. The Morgan fingerprint density at radius 1 is 0.870 bits per heavy atom. The molecule has 1 aliphatic carbocycles. The maximum absolute atomic E-state index is 6.77. The van der Waals surface area contributed by atoms with E-state index in [9.17, 15) is 0 Å². The summed E-state index contributed by atoms with van der Waals surface area (Å²) < 4.78 is 0. The lowest BCUT2D eigenvalue weighted by molar-refractivity contribution is 0.532. The minimum Gasteiger partial charge on any atom is -0.113 e. The molecule has 0 bridgehead atoms. The highest BCUT2D eigenvalue weighted by atomic mass is 35.5. The molecule has 23 heavy (non-hydrogen) atoms. The highest BCUT2D eigenvalue weighted by Crippen LogP contribution is 2.47. The zero-order valence-corrected chi connectivity index (χ0v) is 16.9. The van der Waals surface area contributed by atoms with E-state index in [4.69, 9.17) is 23.2 Å². The van der Waals surface area contributed by atoms with Crippen LogP contribution in [0, 0.1) is 6.92 Å². The van der Waals surface area contributed by atoms with Gasteiger partial charge in [-0.1, -0.05) is 76.9 Å². The summed E-state index contributed by atoms with van der Waals surface area (Å²) in [5.41, 5.74) is 2.27. The van der Waals surface area contributed by atoms with E-state index >= 15 is 0 Å². The fourth-order valence-electron chi connectivity index (χ4n) is 3.30. The van der Waals surface area contributed by atoms with Crippen molar-refractivity contribution in [2.24, 2.45) is 0 Å². The topological polar surface area (TPSA) is 0 Å². The standard InChI is InChI=1S/C21H35Cl2/c1-5-6-7-8-9-10-11-12-13-14-15-19-18(2)16-17-20(3,22)21(19,4)23/h16-17H,2,5-15H2,1,3-4H3. The van der Waals surface area contributed by atoms with Gasteiger partial charge in [-0.05, 0) is 44.8 Å². The summed E-state index contributed by atoms with van der Waals surface area (Å²) in [5, 5.41) is 0. The molecule has 0 aromatic heterocycles. The van der Waals surface area contributed by atoms with E-state index in [1.165, 1.54) is 69.8 Å². The third-order valence-corrected chi connectivity index (χ3v) is 6.47. The molecule has 0 N–H and O–H groups in total. The van der Waals surface area contributed by atoms with E-state index in [0.29, 0.717) is 0 Å². The van der Waals surface area contributed by atoms with Crippen LogP contribution in [0.4, 0.5) is 0 Å². The number of rotatable bonds is 11. The zero-order chi connectivity index (χ0) is 17.3. The van der Waals surface area contributed by atoms with Crippen LogP contribution in [0.1, 0.15) is 91.4 Å². The second-order valence-corrected chi connectivity index (χ2v) is 8.89. The summed E-state index contributed by atoms with van der Waals surface area (Å²) in [7, 11) is 0. The van der Waals surface area contributed by atoms with Crippen LogP contribution in [0.2, 0.25) is 0 Å². The summed E-state index contributed by atoms with van der Waals surface area (Å²) in [4.78, 5) is -1.05. The molecule has 2 atom stereocenters. The first-order chi connectivity index (χ1) is 10.8. The van der Waals surface area contributed by atoms with Crippen molar-refractivity contribution in [2.45, 2.75) is 101 Å². The molecule has 0 aromatic rings. The third-order valence-electron chi connectivity index (χ3n) is 5.25. The van der Waals surface area contributed by atoms with Gasteiger partial charge in [0, 0.05) is 0 Å². The van der Waals surface area contributed by atoms with Gasteiger partial charge in [0.05, 0.1) is 9.75 Å². The molecular weight excluding hydrogens is 323 g/mol. The van der Waals surface area contributed by atoms with Crippen LogP contribution in [-0.4, -0.2) is 9.75 Å². The lowest BCUT2D eigenvalue weighted by Crippen LogP contribution is -2.43. The first kappa shape index (κ1) is 21.1. The van der Waals surface area contributed by atoms with Crippen molar-refractivity contribution in [1.82, 2.24) is 0 Å².